The van der Waals surface area contributed by atoms with Gasteiger partial charge < -0.3 is 10.6 Å². The molecule has 1 aliphatic rings. The largest absolute Gasteiger partial charge is 0.373 e. The Morgan fingerprint density at radius 2 is 2.07 bits per heavy atom. The minimum atomic E-state index is 0.0216. The van der Waals surface area contributed by atoms with E-state index in [1.807, 2.05) is 25.4 Å². The number of hydrogen-bond acceptors (Lipinski definition) is 5. The molecule has 29 heavy (non-hydrogen) atoms. The minimum Gasteiger partial charge on any atom is -0.373 e. The van der Waals surface area contributed by atoms with Gasteiger partial charge in [-0.15, -0.1) is 11.3 Å². The van der Waals surface area contributed by atoms with Crippen molar-refractivity contribution in [2.45, 2.75) is 38.3 Å². The second-order valence-electron chi connectivity index (χ2n) is 7.57. The van der Waals surface area contributed by atoms with Crippen LogP contribution in [0.1, 0.15) is 40.1 Å². The fourth-order valence-electron chi connectivity index (χ4n) is 4.34. The Hall–Kier alpha value is -2.44. The van der Waals surface area contributed by atoms with Gasteiger partial charge in [0, 0.05) is 43.1 Å². The number of rotatable bonds is 6. The third kappa shape index (κ3) is 4.14. The van der Waals surface area contributed by atoms with Crippen molar-refractivity contribution in [3.63, 3.8) is 0 Å². The van der Waals surface area contributed by atoms with E-state index in [1.165, 1.54) is 34.1 Å². The molecule has 0 radical (unpaired) electrons. The van der Waals surface area contributed by atoms with Crippen LogP contribution < -0.4 is 10.6 Å². The number of anilines is 1. The summed E-state index contributed by atoms with van der Waals surface area (Å²) in [6.45, 7) is 1.96. The van der Waals surface area contributed by atoms with E-state index in [0.29, 0.717) is 6.04 Å². The Kier molecular flexibility index (Phi) is 6.11. The number of likely N-dealkylation sites (tertiary alicyclic amines) is 1. The van der Waals surface area contributed by atoms with E-state index in [0.717, 1.165) is 36.6 Å². The number of piperidine rings is 1. The van der Waals surface area contributed by atoms with Crippen LogP contribution in [-0.4, -0.2) is 42.5 Å². The molecule has 2 aromatic heterocycles. The number of amides is 1. The van der Waals surface area contributed by atoms with Gasteiger partial charge >= 0.3 is 0 Å². The van der Waals surface area contributed by atoms with Gasteiger partial charge in [-0.1, -0.05) is 30.7 Å². The van der Waals surface area contributed by atoms with Crippen LogP contribution in [0.5, 0.6) is 0 Å². The van der Waals surface area contributed by atoms with Crippen LogP contribution in [-0.2, 0) is 13.0 Å². The predicted octanol–water partition coefficient (Wildman–Crippen LogP) is 4.29. The van der Waals surface area contributed by atoms with Crippen molar-refractivity contribution in [2.24, 2.45) is 0 Å². The zero-order valence-corrected chi connectivity index (χ0v) is 17.9. The maximum atomic E-state index is 12.6. The van der Waals surface area contributed by atoms with Crippen molar-refractivity contribution in [3.05, 3.63) is 58.6 Å². The third-order valence-corrected chi connectivity index (χ3v) is 7.03. The van der Waals surface area contributed by atoms with Gasteiger partial charge in [-0.25, -0.2) is 4.98 Å². The van der Waals surface area contributed by atoms with Crippen molar-refractivity contribution in [1.29, 1.82) is 0 Å². The van der Waals surface area contributed by atoms with E-state index >= 15 is 0 Å². The van der Waals surface area contributed by atoms with Crippen LogP contribution in [0.15, 0.2) is 42.6 Å². The molecule has 1 saturated heterocycles. The molecular formula is C23H28N4OS. The average molecular weight is 409 g/mol. The molecule has 0 unspecified atom stereocenters. The lowest BCUT2D eigenvalue weighted by Crippen LogP contribution is -2.40. The van der Waals surface area contributed by atoms with Gasteiger partial charge in [0.15, 0.2) is 0 Å². The summed E-state index contributed by atoms with van der Waals surface area (Å²) in [4.78, 5) is 20.5. The standard InChI is InChI=1S/C23H28N4OS/c1-24-22-16(8-7-12-26-22)15-27-13-6-5-9-17(27)14-19-18-10-3-4-11-20(18)29-21(19)23(28)25-2/h3-4,7-8,10-12,17H,5-6,9,13-15H2,1-2H3,(H,24,26)(H,25,28)/t17-/m1/s1. The first-order valence-corrected chi connectivity index (χ1v) is 11.1. The molecule has 1 atom stereocenters. The van der Waals surface area contributed by atoms with Crippen molar-refractivity contribution in [3.8, 4) is 0 Å². The Labute approximate surface area is 176 Å². The molecule has 5 nitrogen and oxygen atoms in total. The predicted molar refractivity (Wildman–Crippen MR) is 121 cm³/mol. The van der Waals surface area contributed by atoms with E-state index < -0.39 is 0 Å². The maximum absolute atomic E-state index is 12.6. The first-order chi connectivity index (χ1) is 14.2. The highest BCUT2D eigenvalue weighted by atomic mass is 32.1. The van der Waals surface area contributed by atoms with Gasteiger partial charge in [-0.05, 0) is 48.9 Å². The lowest BCUT2D eigenvalue weighted by atomic mass is 9.93. The first-order valence-electron chi connectivity index (χ1n) is 10.3. The van der Waals surface area contributed by atoms with E-state index in [4.69, 9.17) is 0 Å². The van der Waals surface area contributed by atoms with Crippen LogP contribution in [0.3, 0.4) is 0 Å². The number of hydrogen-bond donors (Lipinski definition) is 2. The molecule has 1 fully saturated rings. The molecule has 1 aromatic carbocycles. The smallest absolute Gasteiger partial charge is 0.261 e. The molecule has 1 aliphatic heterocycles. The van der Waals surface area contributed by atoms with Crippen molar-refractivity contribution in [2.75, 3.05) is 26.0 Å². The second-order valence-corrected chi connectivity index (χ2v) is 8.62. The molecule has 0 aliphatic carbocycles. The highest BCUT2D eigenvalue weighted by Gasteiger charge is 2.27. The van der Waals surface area contributed by atoms with Crippen LogP contribution in [0.4, 0.5) is 5.82 Å². The fraction of sp³-hybridized carbons (Fsp3) is 0.391. The highest BCUT2D eigenvalue weighted by molar-refractivity contribution is 7.21. The molecular weight excluding hydrogens is 380 g/mol. The number of nitrogens with one attached hydrogen (secondary N) is 2. The molecule has 1 amide bonds. The van der Waals surface area contributed by atoms with Gasteiger partial charge in [0.05, 0.1) is 4.88 Å². The number of nitrogens with zero attached hydrogens (tertiary/aromatic N) is 2. The summed E-state index contributed by atoms with van der Waals surface area (Å²) >= 11 is 1.61. The fourth-order valence-corrected chi connectivity index (χ4v) is 5.52. The lowest BCUT2D eigenvalue weighted by Gasteiger charge is -2.36. The summed E-state index contributed by atoms with van der Waals surface area (Å²) in [7, 11) is 3.64. The molecule has 0 spiro atoms. The first kappa shape index (κ1) is 19.9. The SMILES string of the molecule is CNC(=O)c1sc2ccccc2c1C[C@H]1CCCCN1Cc1cccnc1NC. The molecule has 0 saturated carbocycles. The molecule has 3 aromatic rings. The zero-order valence-electron chi connectivity index (χ0n) is 17.1. The van der Waals surface area contributed by atoms with Crippen molar-refractivity contribution >= 4 is 33.1 Å². The Bertz CT molecular complexity index is 999. The number of thiophene rings is 1. The monoisotopic (exact) mass is 408 g/mol. The molecule has 4 rings (SSSR count). The topological polar surface area (TPSA) is 57.3 Å². The average Bonchev–Trinajstić information content (AvgIpc) is 3.13. The summed E-state index contributed by atoms with van der Waals surface area (Å²) < 4.78 is 1.19. The highest BCUT2D eigenvalue weighted by Crippen LogP contribution is 2.34. The summed E-state index contributed by atoms with van der Waals surface area (Å²) in [6.07, 6.45) is 6.35. The number of aromatic nitrogens is 1. The number of carbonyl (C=O) groups is 1. The number of pyridine rings is 1. The summed E-state index contributed by atoms with van der Waals surface area (Å²) in [5, 5.41) is 7.26. The van der Waals surface area contributed by atoms with E-state index in [1.54, 1.807) is 18.4 Å². The van der Waals surface area contributed by atoms with E-state index in [-0.39, 0.29) is 5.91 Å². The van der Waals surface area contributed by atoms with Gasteiger partial charge in [0.1, 0.15) is 5.82 Å². The number of carbonyl (C=O) groups excluding carboxylic acids is 1. The van der Waals surface area contributed by atoms with Gasteiger partial charge in [-0.3, -0.25) is 9.69 Å². The molecule has 3 heterocycles. The van der Waals surface area contributed by atoms with E-state index in [2.05, 4.69) is 44.8 Å². The van der Waals surface area contributed by atoms with Gasteiger partial charge in [0.2, 0.25) is 0 Å². The zero-order chi connectivity index (χ0) is 20.2. The Morgan fingerprint density at radius 1 is 1.21 bits per heavy atom. The third-order valence-electron chi connectivity index (χ3n) is 5.82. The van der Waals surface area contributed by atoms with Crippen LogP contribution in [0.25, 0.3) is 10.1 Å². The van der Waals surface area contributed by atoms with Crippen LogP contribution in [0.2, 0.25) is 0 Å². The Balaban J connectivity index is 1.64. The second kappa shape index (κ2) is 8.93. The molecule has 6 heteroatoms. The van der Waals surface area contributed by atoms with Crippen LogP contribution in [0, 0.1) is 0 Å². The number of fused-ring (bicyclic) bond motifs is 1. The van der Waals surface area contributed by atoms with Crippen molar-refractivity contribution in [1.82, 2.24) is 15.2 Å². The lowest BCUT2D eigenvalue weighted by molar-refractivity contribution is 0.0964. The quantitative estimate of drug-likeness (QED) is 0.639. The molecule has 152 valence electrons. The van der Waals surface area contributed by atoms with Crippen molar-refractivity contribution < 1.29 is 4.79 Å². The normalized spacial score (nSPS) is 17.4. The van der Waals surface area contributed by atoms with E-state index in [9.17, 15) is 4.79 Å². The molecule has 0 bridgehead atoms. The summed E-state index contributed by atoms with van der Waals surface area (Å²) in [5.74, 6) is 0.970. The summed E-state index contributed by atoms with van der Waals surface area (Å²) in [5.41, 5.74) is 2.42. The van der Waals surface area contributed by atoms with Crippen LogP contribution >= 0.6 is 11.3 Å². The minimum absolute atomic E-state index is 0.0216. The maximum Gasteiger partial charge on any atom is 0.261 e. The Morgan fingerprint density at radius 3 is 2.90 bits per heavy atom. The van der Waals surface area contributed by atoms with Gasteiger partial charge in [0.25, 0.3) is 5.91 Å². The molecule has 2 N–H and O–H groups in total. The number of benzene rings is 1. The van der Waals surface area contributed by atoms with Gasteiger partial charge in [-0.2, -0.15) is 0 Å². The summed E-state index contributed by atoms with van der Waals surface area (Å²) in [6, 6.07) is 13.0.